The van der Waals surface area contributed by atoms with Crippen LogP contribution < -0.4 is 5.32 Å². The second-order valence-electron chi connectivity index (χ2n) is 4.50. The van der Waals surface area contributed by atoms with Crippen LogP contribution in [0.5, 0.6) is 0 Å². The molecule has 1 aromatic rings. The smallest absolute Gasteiger partial charge is 0.254 e. The summed E-state index contributed by atoms with van der Waals surface area (Å²) < 4.78 is 0. The minimum absolute atomic E-state index is 0.0911. The fourth-order valence-electron chi connectivity index (χ4n) is 2.07. The highest BCUT2D eigenvalue weighted by Crippen LogP contribution is 2.12. The third-order valence-corrected chi connectivity index (χ3v) is 3.13. The Morgan fingerprint density at radius 1 is 1.56 bits per heavy atom. The number of carbonyl (C=O) groups excluding carboxylic acids is 2. The van der Waals surface area contributed by atoms with Gasteiger partial charge in [0.1, 0.15) is 6.04 Å². The standard InChI is InChI=1S/C13H17N3O2/c1-9-8-11(4-6-14-9)13(18)16-7-3-5-15-12(17)10(16)2/h4,6,8,10H,3,5,7H2,1-2H3,(H,15,17). The lowest BCUT2D eigenvalue weighted by Gasteiger charge is -2.25. The van der Waals surface area contributed by atoms with E-state index in [0.717, 1.165) is 12.1 Å². The first-order chi connectivity index (χ1) is 8.59. The molecule has 96 valence electrons. The van der Waals surface area contributed by atoms with Crippen molar-refractivity contribution >= 4 is 11.8 Å². The number of pyridine rings is 1. The first kappa shape index (κ1) is 12.5. The van der Waals surface area contributed by atoms with Crippen LogP contribution in [0.3, 0.4) is 0 Å². The van der Waals surface area contributed by atoms with Crippen LogP contribution in [-0.4, -0.2) is 40.8 Å². The Balaban J connectivity index is 2.24. The maximum absolute atomic E-state index is 12.4. The van der Waals surface area contributed by atoms with Gasteiger partial charge in [0.2, 0.25) is 5.91 Å². The van der Waals surface area contributed by atoms with Crippen LogP contribution in [0.2, 0.25) is 0 Å². The molecule has 18 heavy (non-hydrogen) atoms. The molecule has 5 nitrogen and oxygen atoms in total. The van der Waals surface area contributed by atoms with Crippen LogP contribution in [0.1, 0.15) is 29.4 Å². The lowest BCUT2D eigenvalue weighted by atomic mass is 10.1. The van der Waals surface area contributed by atoms with Crippen LogP contribution >= 0.6 is 0 Å². The number of aromatic nitrogens is 1. The van der Waals surface area contributed by atoms with Gasteiger partial charge in [-0.3, -0.25) is 14.6 Å². The van der Waals surface area contributed by atoms with Crippen LogP contribution in [0, 0.1) is 6.92 Å². The van der Waals surface area contributed by atoms with E-state index in [1.165, 1.54) is 0 Å². The molecular formula is C13H17N3O2. The molecule has 1 fully saturated rings. The van der Waals surface area contributed by atoms with Gasteiger partial charge in [0, 0.05) is 30.5 Å². The van der Waals surface area contributed by atoms with E-state index in [9.17, 15) is 9.59 Å². The molecule has 1 aliphatic rings. The first-order valence-electron chi connectivity index (χ1n) is 6.11. The SMILES string of the molecule is Cc1cc(C(=O)N2CCCNC(=O)C2C)ccn1. The van der Waals surface area contributed by atoms with Crippen LogP contribution in [-0.2, 0) is 4.79 Å². The molecule has 1 aliphatic heterocycles. The van der Waals surface area contributed by atoms with E-state index < -0.39 is 6.04 Å². The van der Waals surface area contributed by atoms with Crippen LogP contribution in [0.15, 0.2) is 18.3 Å². The number of hydrogen-bond acceptors (Lipinski definition) is 3. The minimum atomic E-state index is -0.423. The number of carbonyl (C=O) groups is 2. The van der Waals surface area contributed by atoms with E-state index in [2.05, 4.69) is 10.3 Å². The molecule has 1 saturated heterocycles. The number of hydrogen-bond donors (Lipinski definition) is 1. The lowest BCUT2D eigenvalue weighted by molar-refractivity contribution is -0.124. The maximum atomic E-state index is 12.4. The molecule has 2 rings (SSSR count). The van der Waals surface area contributed by atoms with Gasteiger partial charge in [-0.2, -0.15) is 0 Å². The van der Waals surface area contributed by atoms with Crippen LogP contribution in [0.25, 0.3) is 0 Å². The van der Waals surface area contributed by atoms with Gasteiger partial charge in [-0.05, 0) is 32.4 Å². The fraction of sp³-hybridized carbons (Fsp3) is 0.462. The van der Waals surface area contributed by atoms with E-state index in [-0.39, 0.29) is 11.8 Å². The molecule has 1 unspecified atom stereocenters. The number of nitrogens with one attached hydrogen (secondary N) is 1. The van der Waals surface area contributed by atoms with E-state index in [1.807, 2.05) is 6.92 Å². The summed E-state index contributed by atoms with van der Waals surface area (Å²) in [6.07, 6.45) is 2.40. The van der Waals surface area contributed by atoms with Crippen molar-refractivity contribution in [2.75, 3.05) is 13.1 Å². The molecule has 0 saturated carbocycles. The summed E-state index contributed by atoms with van der Waals surface area (Å²) in [6, 6.07) is 3.01. The van der Waals surface area contributed by atoms with Gasteiger partial charge < -0.3 is 10.2 Å². The van der Waals surface area contributed by atoms with Crippen molar-refractivity contribution in [3.8, 4) is 0 Å². The maximum Gasteiger partial charge on any atom is 0.254 e. The highest BCUT2D eigenvalue weighted by atomic mass is 16.2. The zero-order valence-corrected chi connectivity index (χ0v) is 10.6. The molecule has 1 N–H and O–H groups in total. The molecule has 0 bridgehead atoms. The predicted octanol–water partition coefficient (Wildman–Crippen LogP) is 0.741. The summed E-state index contributed by atoms with van der Waals surface area (Å²) in [5.74, 6) is -0.198. The normalized spacial score (nSPS) is 20.2. The molecule has 1 atom stereocenters. The molecule has 0 aromatic carbocycles. The summed E-state index contributed by atoms with van der Waals surface area (Å²) in [6.45, 7) is 4.82. The molecule has 0 aliphatic carbocycles. The van der Waals surface area contributed by atoms with E-state index in [4.69, 9.17) is 0 Å². The second kappa shape index (κ2) is 5.16. The van der Waals surface area contributed by atoms with Gasteiger partial charge in [0.05, 0.1) is 0 Å². The zero-order valence-electron chi connectivity index (χ0n) is 10.6. The van der Waals surface area contributed by atoms with Gasteiger partial charge in [-0.25, -0.2) is 0 Å². The molecule has 0 radical (unpaired) electrons. The van der Waals surface area contributed by atoms with Crippen LogP contribution in [0.4, 0.5) is 0 Å². The largest absolute Gasteiger partial charge is 0.354 e. The number of amides is 2. The van der Waals surface area contributed by atoms with Gasteiger partial charge in [-0.1, -0.05) is 0 Å². The monoisotopic (exact) mass is 247 g/mol. The Kier molecular flexibility index (Phi) is 3.60. The van der Waals surface area contributed by atoms with Crippen molar-refractivity contribution in [3.05, 3.63) is 29.6 Å². The number of nitrogens with zero attached hydrogens (tertiary/aromatic N) is 2. The van der Waals surface area contributed by atoms with Gasteiger partial charge in [0.15, 0.2) is 0 Å². The summed E-state index contributed by atoms with van der Waals surface area (Å²) in [5, 5.41) is 2.80. The fourth-order valence-corrected chi connectivity index (χ4v) is 2.07. The van der Waals surface area contributed by atoms with Crippen molar-refractivity contribution in [2.45, 2.75) is 26.3 Å². The Morgan fingerprint density at radius 3 is 3.06 bits per heavy atom. The predicted molar refractivity (Wildman–Crippen MR) is 67.1 cm³/mol. The molecule has 2 heterocycles. The Hall–Kier alpha value is -1.91. The molecule has 2 amide bonds. The second-order valence-corrected chi connectivity index (χ2v) is 4.50. The highest BCUT2D eigenvalue weighted by molar-refractivity contribution is 5.97. The summed E-state index contributed by atoms with van der Waals surface area (Å²) in [4.78, 5) is 29.8. The van der Waals surface area contributed by atoms with Crippen molar-refractivity contribution in [1.82, 2.24) is 15.2 Å². The highest BCUT2D eigenvalue weighted by Gasteiger charge is 2.28. The molecular weight excluding hydrogens is 230 g/mol. The van der Waals surface area contributed by atoms with Crippen molar-refractivity contribution in [1.29, 1.82) is 0 Å². The summed E-state index contributed by atoms with van der Waals surface area (Å²) in [7, 11) is 0. The quantitative estimate of drug-likeness (QED) is 0.796. The number of aryl methyl sites for hydroxylation is 1. The first-order valence-corrected chi connectivity index (χ1v) is 6.11. The minimum Gasteiger partial charge on any atom is -0.354 e. The molecule has 1 aromatic heterocycles. The van der Waals surface area contributed by atoms with Gasteiger partial charge in [0.25, 0.3) is 5.91 Å². The topological polar surface area (TPSA) is 62.3 Å². The van der Waals surface area contributed by atoms with Crippen molar-refractivity contribution < 1.29 is 9.59 Å². The Bertz CT molecular complexity index is 473. The number of rotatable bonds is 1. The Morgan fingerprint density at radius 2 is 2.33 bits per heavy atom. The zero-order chi connectivity index (χ0) is 13.1. The van der Waals surface area contributed by atoms with Crippen molar-refractivity contribution in [2.24, 2.45) is 0 Å². The van der Waals surface area contributed by atoms with E-state index in [0.29, 0.717) is 18.7 Å². The molecule has 0 spiro atoms. The Labute approximate surface area is 106 Å². The van der Waals surface area contributed by atoms with Gasteiger partial charge >= 0.3 is 0 Å². The van der Waals surface area contributed by atoms with E-state index in [1.54, 1.807) is 30.2 Å². The molecule has 5 heteroatoms. The third kappa shape index (κ3) is 2.50. The summed E-state index contributed by atoms with van der Waals surface area (Å²) in [5.41, 5.74) is 1.39. The lowest BCUT2D eigenvalue weighted by Crippen LogP contribution is -2.45. The van der Waals surface area contributed by atoms with Gasteiger partial charge in [-0.15, -0.1) is 0 Å². The third-order valence-electron chi connectivity index (χ3n) is 3.13. The average molecular weight is 247 g/mol. The van der Waals surface area contributed by atoms with Crippen molar-refractivity contribution in [3.63, 3.8) is 0 Å². The average Bonchev–Trinajstić information content (AvgIpc) is 2.52. The van der Waals surface area contributed by atoms with E-state index >= 15 is 0 Å². The summed E-state index contributed by atoms with van der Waals surface area (Å²) >= 11 is 0.